The summed E-state index contributed by atoms with van der Waals surface area (Å²) in [5.41, 5.74) is 1.90. The molecule has 0 bridgehead atoms. The minimum Gasteiger partial charge on any atom is -0.494 e. The highest BCUT2D eigenvalue weighted by Crippen LogP contribution is 2.39. The fraction of sp³-hybridized carbons (Fsp3) is 0.440. The lowest BCUT2D eigenvalue weighted by Gasteiger charge is -2.17. The predicted octanol–water partition coefficient (Wildman–Crippen LogP) is 3.84. The highest BCUT2D eigenvalue weighted by atomic mass is 32.1. The molecule has 8 nitrogen and oxygen atoms in total. The molecule has 0 fully saturated rings. The summed E-state index contributed by atoms with van der Waals surface area (Å²) in [5.74, 6) is -0.464. The number of nitrogens with zero attached hydrogens (tertiary/aromatic N) is 1. The molecule has 1 atom stereocenters. The van der Waals surface area contributed by atoms with Gasteiger partial charge in [0.2, 0.25) is 0 Å². The van der Waals surface area contributed by atoms with Crippen LogP contribution in [0.3, 0.4) is 0 Å². The molecule has 34 heavy (non-hydrogen) atoms. The Hall–Kier alpha value is -3.38. The number of rotatable bonds is 10. The SMILES string of the molecule is CCCCOc1ccc(C(=O)NCC(=O)OCC(=O)Nc2sc3c(c2C#N)CCC(C)C3)cc1. The molecule has 1 aliphatic rings. The minimum atomic E-state index is -0.733. The van der Waals surface area contributed by atoms with E-state index in [1.54, 1.807) is 24.3 Å². The molecule has 1 aromatic heterocycles. The third-order valence-corrected chi connectivity index (χ3v) is 6.69. The zero-order valence-electron chi connectivity index (χ0n) is 19.4. The molecular weight excluding hydrogens is 454 g/mol. The van der Waals surface area contributed by atoms with E-state index in [0.717, 1.165) is 42.5 Å². The fourth-order valence-electron chi connectivity index (χ4n) is 3.61. The van der Waals surface area contributed by atoms with Crippen LogP contribution in [0, 0.1) is 17.2 Å². The van der Waals surface area contributed by atoms with Gasteiger partial charge in [0.15, 0.2) is 6.61 Å². The number of hydrogen-bond acceptors (Lipinski definition) is 7. The summed E-state index contributed by atoms with van der Waals surface area (Å²) in [4.78, 5) is 37.6. The van der Waals surface area contributed by atoms with Crippen LogP contribution < -0.4 is 15.4 Å². The number of unbranched alkanes of at least 4 members (excludes halogenated alkanes) is 1. The van der Waals surface area contributed by atoms with E-state index in [4.69, 9.17) is 9.47 Å². The first kappa shape index (κ1) is 25.2. The van der Waals surface area contributed by atoms with Gasteiger partial charge >= 0.3 is 5.97 Å². The maximum Gasteiger partial charge on any atom is 0.325 e. The Labute approximate surface area is 203 Å². The third kappa shape index (κ3) is 6.81. The van der Waals surface area contributed by atoms with Crippen LogP contribution in [0.15, 0.2) is 24.3 Å². The van der Waals surface area contributed by atoms with E-state index < -0.39 is 24.4 Å². The van der Waals surface area contributed by atoms with Crippen molar-refractivity contribution in [3.05, 3.63) is 45.8 Å². The molecule has 1 aliphatic carbocycles. The first-order valence-corrected chi connectivity index (χ1v) is 12.2. The number of carbonyl (C=O) groups is 3. The van der Waals surface area contributed by atoms with Crippen LogP contribution in [0.2, 0.25) is 0 Å². The number of fused-ring (bicyclic) bond motifs is 1. The van der Waals surface area contributed by atoms with Gasteiger partial charge in [-0.3, -0.25) is 14.4 Å². The van der Waals surface area contributed by atoms with E-state index in [9.17, 15) is 19.6 Å². The standard InChI is InChI=1S/C25H29N3O5S/c1-3-4-11-32-18-8-6-17(7-9-18)24(31)27-14-23(30)33-15-22(29)28-25-20(13-26)19-10-5-16(2)12-21(19)34-25/h6-9,16H,3-5,10-12,14-15H2,1-2H3,(H,27,31)(H,28,29). The average molecular weight is 484 g/mol. The summed E-state index contributed by atoms with van der Waals surface area (Å²) in [5, 5.41) is 15.2. The smallest absolute Gasteiger partial charge is 0.325 e. The van der Waals surface area contributed by atoms with Gasteiger partial charge in [-0.05, 0) is 61.4 Å². The number of thiophene rings is 1. The Morgan fingerprint density at radius 3 is 2.71 bits per heavy atom. The number of amides is 2. The van der Waals surface area contributed by atoms with Crippen LogP contribution in [0.4, 0.5) is 5.00 Å². The number of hydrogen-bond donors (Lipinski definition) is 2. The van der Waals surface area contributed by atoms with Crippen LogP contribution in [0.5, 0.6) is 5.75 Å². The van der Waals surface area contributed by atoms with Crippen LogP contribution >= 0.6 is 11.3 Å². The van der Waals surface area contributed by atoms with Gasteiger partial charge in [-0.1, -0.05) is 20.3 Å². The quantitative estimate of drug-likeness (QED) is 0.392. The molecule has 9 heteroatoms. The Balaban J connectivity index is 1.42. The van der Waals surface area contributed by atoms with Gasteiger partial charge < -0.3 is 20.1 Å². The highest BCUT2D eigenvalue weighted by molar-refractivity contribution is 7.16. The van der Waals surface area contributed by atoms with E-state index in [1.807, 2.05) is 0 Å². The first-order chi connectivity index (χ1) is 16.4. The van der Waals surface area contributed by atoms with Crippen molar-refractivity contribution in [3.8, 4) is 11.8 Å². The Bertz CT molecular complexity index is 1070. The van der Waals surface area contributed by atoms with E-state index >= 15 is 0 Å². The largest absolute Gasteiger partial charge is 0.494 e. The molecule has 0 spiro atoms. The van der Waals surface area contributed by atoms with Gasteiger partial charge in [-0.25, -0.2) is 0 Å². The summed E-state index contributed by atoms with van der Waals surface area (Å²) >= 11 is 1.41. The lowest BCUT2D eigenvalue weighted by molar-refractivity contribution is -0.146. The molecular formula is C25H29N3O5S. The normalized spacial score (nSPS) is 14.4. The zero-order valence-corrected chi connectivity index (χ0v) is 20.3. The molecule has 1 aromatic carbocycles. The Morgan fingerprint density at radius 2 is 2.00 bits per heavy atom. The van der Waals surface area contributed by atoms with Gasteiger partial charge in [-0.2, -0.15) is 5.26 Å². The summed E-state index contributed by atoms with van der Waals surface area (Å²) in [6.07, 6.45) is 4.74. The molecule has 2 amide bonds. The van der Waals surface area contributed by atoms with Crippen molar-refractivity contribution in [1.82, 2.24) is 5.32 Å². The molecule has 2 aromatic rings. The van der Waals surface area contributed by atoms with Crippen molar-refractivity contribution in [2.75, 3.05) is 25.1 Å². The lowest BCUT2D eigenvalue weighted by Crippen LogP contribution is -2.32. The van der Waals surface area contributed by atoms with Gasteiger partial charge in [0.1, 0.15) is 23.4 Å². The summed E-state index contributed by atoms with van der Waals surface area (Å²) in [7, 11) is 0. The maximum atomic E-state index is 12.3. The highest BCUT2D eigenvalue weighted by Gasteiger charge is 2.24. The topological polar surface area (TPSA) is 118 Å². The van der Waals surface area contributed by atoms with Gasteiger partial charge in [-0.15, -0.1) is 11.3 Å². The molecule has 0 radical (unpaired) electrons. The van der Waals surface area contributed by atoms with E-state index in [1.165, 1.54) is 11.3 Å². The monoisotopic (exact) mass is 483 g/mol. The van der Waals surface area contributed by atoms with Crippen LogP contribution in [-0.2, 0) is 27.2 Å². The van der Waals surface area contributed by atoms with Crippen molar-refractivity contribution < 1.29 is 23.9 Å². The van der Waals surface area contributed by atoms with Crippen LogP contribution in [-0.4, -0.2) is 37.5 Å². The summed E-state index contributed by atoms with van der Waals surface area (Å²) in [6, 6.07) is 8.82. The number of nitrogens with one attached hydrogen (secondary N) is 2. The summed E-state index contributed by atoms with van der Waals surface area (Å²) < 4.78 is 10.5. The second-order valence-corrected chi connectivity index (χ2v) is 9.39. The van der Waals surface area contributed by atoms with Crippen LogP contribution in [0.25, 0.3) is 0 Å². The molecule has 0 saturated carbocycles. The van der Waals surface area contributed by atoms with Gasteiger partial charge in [0, 0.05) is 10.4 Å². The molecule has 180 valence electrons. The molecule has 3 rings (SSSR count). The number of nitriles is 1. The van der Waals surface area contributed by atoms with Crippen molar-refractivity contribution in [2.45, 2.75) is 46.0 Å². The maximum absolute atomic E-state index is 12.3. The molecule has 1 heterocycles. The molecule has 0 saturated heterocycles. The van der Waals surface area contributed by atoms with E-state index in [0.29, 0.717) is 34.4 Å². The van der Waals surface area contributed by atoms with Crippen molar-refractivity contribution in [1.29, 1.82) is 5.26 Å². The number of carbonyl (C=O) groups excluding carboxylic acids is 3. The Kier molecular flexibility index (Phi) is 9.05. The second-order valence-electron chi connectivity index (χ2n) is 8.29. The molecule has 0 aliphatic heterocycles. The number of anilines is 1. The number of benzene rings is 1. The Morgan fingerprint density at radius 1 is 1.24 bits per heavy atom. The van der Waals surface area contributed by atoms with Crippen molar-refractivity contribution >= 4 is 34.1 Å². The zero-order chi connectivity index (χ0) is 24.5. The summed E-state index contributed by atoms with van der Waals surface area (Å²) in [6.45, 7) is 4.00. The number of esters is 1. The van der Waals surface area contributed by atoms with E-state index in [-0.39, 0.29) is 6.54 Å². The van der Waals surface area contributed by atoms with Crippen LogP contribution in [0.1, 0.15) is 59.5 Å². The van der Waals surface area contributed by atoms with Gasteiger partial charge in [0.25, 0.3) is 11.8 Å². The minimum absolute atomic E-state index is 0.366. The van der Waals surface area contributed by atoms with Crippen molar-refractivity contribution in [3.63, 3.8) is 0 Å². The van der Waals surface area contributed by atoms with E-state index in [2.05, 4.69) is 30.6 Å². The van der Waals surface area contributed by atoms with Gasteiger partial charge in [0.05, 0.1) is 12.2 Å². The molecule has 1 unspecified atom stereocenters. The van der Waals surface area contributed by atoms with Crippen molar-refractivity contribution in [2.24, 2.45) is 5.92 Å². The average Bonchev–Trinajstić information content (AvgIpc) is 3.17. The predicted molar refractivity (Wildman–Crippen MR) is 129 cm³/mol. The first-order valence-electron chi connectivity index (χ1n) is 11.4. The second kappa shape index (κ2) is 12.2. The fourth-order valence-corrected chi connectivity index (χ4v) is 4.99. The molecule has 2 N–H and O–H groups in total. The number of ether oxygens (including phenoxy) is 2. The lowest BCUT2D eigenvalue weighted by atomic mass is 9.89. The third-order valence-electron chi connectivity index (χ3n) is 5.52.